The van der Waals surface area contributed by atoms with Gasteiger partial charge in [-0.2, -0.15) is 0 Å². The molecule has 0 spiro atoms. The van der Waals surface area contributed by atoms with Gasteiger partial charge in [-0.15, -0.1) is 0 Å². The highest BCUT2D eigenvalue weighted by Crippen LogP contribution is 2.38. The average molecular weight is 282 g/mol. The van der Waals surface area contributed by atoms with Crippen molar-refractivity contribution in [2.45, 2.75) is 72.8 Å². The van der Waals surface area contributed by atoms with Crippen molar-refractivity contribution in [2.24, 2.45) is 10.8 Å². The van der Waals surface area contributed by atoms with Gasteiger partial charge in [-0.05, 0) is 19.3 Å². The molecule has 118 valence electrons. The summed E-state index contributed by atoms with van der Waals surface area (Å²) in [6.45, 7) is 10.1. The molecule has 0 bridgehead atoms. The van der Waals surface area contributed by atoms with E-state index in [1.54, 1.807) is 0 Å². The van der Waals surface area contributed by atoms with E-state index < -0.39 is 22.8 Å². The Morgan fingerprint density at radius 1 is 0.579 bits per heavy atom. The number of rotatable bonds is 4. The van der Waals surface area contributed by atoms with Gasteiger partial charge in [0.25, 0.3) is 11.9 Å². The lowest BCUT2D eigenvalue weighted by Gasteiger charge is -2.37. The zero-order valence-electron chi connectivity index (χ0n) is 12.8. The number of hydrogen-bond acceptors (Lipinski definition) is 6. The Kier molecular flexibility index (Phi) is 7.72. The summed E-state index contributed by atoms with van der Waals surface area (Å²) >= 11 is 0. The zero-order valence-corrected chi connectivity index (χ0v) is 12.8. The molecular formula is C13H30O6. The molecule has 0 amide bonds. The molecule has 0 aromatic rings. The summed E-state index contributed by atoms with van der Waals surface area (Å²) in [4.78, 5) is 0. The van der Waals surface area contributed by atoms with Crippen molar-refractivity contribution < 1.29 is 30.6 Å². The van der Waals surface area contributed by atoms with Crippen LogP contribution < -0.4 is 0 Å². The third-order valence-corrected chi connectivity index (χ3v) is 3.75. The van der Waals surface area contributed by atoms with Crippen molar-refractivity contribution in [2.75, 3.05) is 0 Å². The van der Waals surface area contributed by atoms with E-state index >= 15 is 0 Å². The molecule has 6 heteroatoms. The molecule has 0 rings (SSSR count). The fraction of sp³-hybridized carbons (Fsp3) is 1.00. The molecular weight excluding hydrogens is 252 g/mol. The number of aliphatic hydroxyl groups is 6. The second-order valence-corrected chi connectivity index (χ2v) is 5.86. The Hall–Kier alpha value is -0.240. The molecule has 0 aliphatic heterocycles. The Labute approximate surface area is 115 Å². The second-order valence-electron chi connectivity index (χ2n) is 5.86. The lowest BCUT2D eigenvalue weighted by molar-refractivity contribution is -0.377. The topological polar surface area (TPSA) is 121 Å². The van der Waals surface area contributed by atoms with Gasteiger partial charge in [0.15, 0.2) is 0 Å². The van der Waals surface area contributed by atoms with E-state index in [-0.39, 0.29) is 0 Å². The van der Waals surface area contributed by atoms with Gasteiger partial charge in [-0.1, -0.05) is 41.5 Å². The van der Waals surface area contributed by atoms with Crippen LogP contribution in [-0.4, -0.2) is 42.6 Å². The monoisotopic (exact) mass is 282 g/mol. The van der Waals surface area contributed by atoms with E-state index in [2.05, 4.69) is 0 Å². The molecule has 0 saturated heterocycles. The minimum absolute atomic E-state index is 0.559. The van der Waals surface area contributed by atoms with Gasteiger partial charge in [0.2, 0.25) is 0 Å². The van der Waals surface area contributed by atoms with Crippen LogP contribution in [0.5, 0.6) is 0 Å². The van der Waals surface area contributed by atoms with Crippen molar-refractivity contribution in [1.29, 1.82) is 0 Å². The Morgan fingerprint density at radius 3 is 0.789 bits per heavy atom. The summed E-state index contributed by atoms with van der Waals surface area (Å²) in [6.07, 6.45) is 1.68. The first kappa shape index (κ1) is 21.1. The van der Waals surface area contributed by atoms with Crippen LogP contribution in [0.3, 0.4) is 0 Å². The molecule has 0 radical (unpaired) electrons. The Balaban J connectivity index is 0. The van der Waals surface area contributed by atoms with E-state index in [0.717, 1.165) is 0 Å². The Morgan fingerprint density at radius 2 is 0.789 bits per heavy atom. The predicted molar refractivity (Wildman–Crippen MR) is 71.5 cm³/mol. The largest absolute Gasteiger partial charge is 0.343 e. The number of hydrogen-bond donors (Lipinski definition) is 6. The van der Waals surface area contributed by atoms with Crippen molar-refractivity contribution in [1.82, 2.24) is 0 Å². The molecule has 0 heterocycles. The third-order valence-electron chi connectivity index (χ3n) is 3.75. The Bertz CT molecular complexity index is 219. The average Bonchev–Trinajstić information content (AvgIpc) is 2.16. The zero-order chi connectivity index (χ0) is 16.1. The van der Waals surface area contributed by atoms with Gasteiger partial charge in [0.05, 0.1) is 5.41 Å². The molecule has 6 N–H and O–H groups in total. The van der Waals surface area contributed by atoms with Gasteiger partial charge in [0, 0.05) is 5.41 Å². The van der Waals surface area contributed by atoms with Gasteiger partial charge in [-0.3, -0.25) is 0 Å². The van der Waals surface area contributed by atoms with Gasteiger partial charge < -0.3 is 30.6 Å². The molecule has 0 unspecified atom stereocenters. The maximum Gasteiger partial charge on any atom is 0.281 e. The molecule has 0 aliphatic carbocycles. The highest BCUT2D eigenvalue weighted by atomic mass is 16.7. The molecule has 0 aromatic heterocycles. The van der Waals surface area contributed by atoms with E-state index in [0.29, 0.717) is 19.3 Å². The minimum atomic E-state index is -2.56. The maximum absolute atomic E-state index is 9.04. The molecule has 0 saturated carbocycles. The highest BCUT2D eigenvalue weighted by molar-refractivity contribution is 4.81. The summed E-state index contributed by atoms with van der Waals surface area (Å²) in [5, 5.41) is 52.5. The summed E-state index contributed by atoms with van der Waals surface area (Å²) in [6, 6.07) is 0. The van der Waals surface area contributed by atoms with Crippen LogP contribution in [-0.2, 0) is 0 Å². The summed E-state index contributed by atoms with van der Waals surface area (Å²) in [7, 11) is 0. The van der Waals surface area contributed by atoms with Crippen LogP contribution in [0.25, 0.3) is 0 Å². The fourth-order valence-electron chi connectivity index (χ4n) is 1.46. The summed E-state index contributed by atoms with van der Waals surface area (Å²) in [5.74, 6) is -5.10. The van der Waals surface area contributed by atoms with E-state index in [9.17, 15) is 0 Å². The van der Waals surface area contributed by atoms with Crippen LogP contribution >= 0.6 is 0 Å². The van der Waals surface area contributed by atoms with Crippen LogP contribution in [0.2, 0.25) is 0 Å². The lowest BCUT2D eigenvalue weighted by Crippen LogP contribution is -2.47. The molecule has 19 heavy (non-hydrogen) atoms. The van der Waals surface area contributed by atoms with Gasteiger partial charge in [-0.25, -0.2) is 0 Å². The van der Waals surface area contributed by atoms with Gasteiger partial charge >= 0.3 is 0 Å². The fourth-order valence-corrected chi connectivity index (χ4v) is 1.46. The van der Waals surface area contributed by atoms with Crippen molar-refractivity contribution in [3.8, 4) is 0 Å². The SMILES string of the molecule is CC(C)(C)C(O)(O)O.CCC(CC)(CC)C(O)(O)O. The van der Waals surface area contributed by atoms with Crippen LogP contribution in [0.1, 0.15) is 60.8 Å². The quantitative estimate of drug-likeness (QED) is 0.418. The first-order valence-corrected chi connectivity index (χ1v) is 6.52. The second kappa shape index (κ2) is 6.97. The minimum Gasteiger partial charge on any atom is -0.343 e. The van der Waals surface area contributed by atoms with Crippen LogP contribution in [0, 0.1) is 10.8 Å². The van der Waals surface area contributed by atoms with Crippen molar-refractivity contribution in [3.05, 3.63) is 0 Å². The highest BCUT2D eigenvalue weighted by Gasteiger charge is 2.44. The van der Waals surface area contributed by atoms with Crippen molar-refractivity contribution in [3.63, 3.8) is 0 Å². The van der Waals surface area contributed by atoms with Crippen LogP contribution in [0.15, 0.2) is 0 Å². The molecule has 0 fully saturated rings. The summed E-state index contributed by atoms with van der Waals surface area (Å²) < 4.78 is 0. The molecule has 6 nitrogen and oxygen atoms in total. The van der Waals surface area contributed by atoms with Crippen molar-refractivity contribution >= 4 is 0 Å². The first-order chi connectivity index (χ1) is 8.18. The normalized spacial score (nSPS) is 13.9. The van der Waals surface area contributed by atoms with Crippen LogP contribution in [0.4, 0.5) is 0 Å². The molecule has 0 atom stereocenters. The third kappa shape index (κ3) is 6.16. The predicted octanol–water partition coefficient (Wildman–Crippen LogP) is 0.497. The standard InChI is InChI=1S/C8H18O3.C5H12O3/c1-4-7(5-2,6-3)8(9,10)11;1-4(2,3)5(6,7)8/h9-11H,4-6H2,1-3H3;6-8H,1-3H3. The van der Waals surface area contributed by atoms with E-state index in [4.69, 9.17) is 30.6 Å². The van der Waals surface area contributed by atoms with E-state index in [1.807, 2.05) is 20.8 Å². The molecule has 0 aliphatic rings. The van der Waals surface area contributed by atoms with Gasteiger partial charge in [0.1, 0.15) is 0 Å². The lowest BCUT2D eigenvalue weighted by atomic mass is 9.77. The van der Waals surface area contributed by atoms with E-state index in [1.165, 1.54) is 20.8 Å². The first-order valence-electron chi connectivity index (χ1n) is 6.52. The maximum atomic E-state index is 9.04. The smallest absolute Gasteiger partial charge is 0.281 e. The summed E-state index contributed by atoms with van der Waals surface area (Å²) in [5.41, 5.74) is -1.67. The molecule has 0 aromatic carbocycles.